The molecule has 0 bridgehead atoms. The highest BCUT2D eigenvalue weighted by molar-refractivity contribution is 5.85. The second kappa shape index (κ2) is 11.1. The van der Waals surface area contributed by atoms with Crippen LogP contribution in [0.2, 0.25) is 0 Å². The number of piperazine rings is 1. The predicted octanol–water partition coefficient (Wildman–Crippen LogP) is 3.81. The SMILES string of the molecule is COCCn1nnnc1C(c1ccc(F)cc1)N1CCN(c2cccc(C(F)(F)F)c2)CC1.Cl. The summed E-state index contributed by atoms with van der Waals surface area (Å²) in [7, 11) is 1.59. The van der Waals surface area contributed by atoms with Crippen LogP contribution < -0.4 is 4.90 Å². The van der Waals surface area contributed by atoms with E-state index in [-0.39, 0.29) is 24.3 Å². The number of hydrogen-bond acceptors (Lipinski definition) is 6. The Kier molecular flexibility index (Phi) is 8.45. The fourth-order valence-corrected chi connectivity index (χ4v) is 4.03. The van der Waals surface area contributed by atoms with E-state index in [0.717, 1.165) is 11.6 Å². The lowest BCUT2D eigenvalue weighted by Crippen LogP contribution is -2.48. The maximum Gasteiger partial charge on any atom is 0.416 e. The predicted molar refractivity (Wildman–Crippen MR) is 120 cm³/mol. The van der Waals surface area contributed by atoms with Gasteiger partial charge in [0.25, 0.3) is 0 Å². The molecule has 0 N–H and O–H groups in total. The molecule has 0 amide bonds. The topological polar surface area (TPSA) is 59.3 Å². The first kappa shape index (κ1) is 25.9. The Labute approximate surface area is 200 Å². The number of hydrogen-bond donors (Lipinski definition) is 0. The molecule has 0 aliphatic carbocycles. The molecule has 3 aromatic rings. The van der Waals surface area contributed by atoms with Gasteiger partial charge in [0.2, 0.25) is 0 Å². The van der Waals surface area contributed by atoms with Crippen LogP contribution in [-0.4, -0.2) is 65.0 Å². The summed E-state index contributed by atoms with van der Waals surface area (Å²) in [6.45, 7) is 3.07. The molecule has 2 aromatic carbocycles. The molecule has 1 fully saturated rings. The van der Waals surface area contributed by atoms with Gasteiger partial charge in [0.1, 0.15) is 5.82 Å². The third kappa shape index (κ3) is 5.83. The van der Waals surface area contributed by atoms with Gasteiger partial charge in [0, 0.05) is 39.0 Å². The molecule has 2 heterocycles. The summed E-state index contributed by atoms with van der Waals surface area (Å²) in [4.78, 5) is 4.09. The zero-order valence-corrected chi connectivity index (χ0v) is 19.3. The van der Waals surface area contributed by atoms with Gasteiger partial charge in [0.15, 0.2) is 5.82 Å². The smallest absolute Gasteiger partial charge is 0.383 e. The lowest BCUT2D eigenvalue weighted by atomic mass is 10.0. The number of anilines is 1. The van der Waals surface area contributed by atoms with E-state index < -0.39 is 11.7 Å². The van der Waals surface area contributed by atoms with Crippen molar-refractivity contribution in [2.45, 2.75) is 18.8 Å². The molecule has 1 saturated heterocycles. The fourth-order valence-electron chi connectivity index (χ4n) is 4.03. The van der Waals surface area contributed by atoms with Crippen molar-refractivity contribution in [2.75, 3.05) is 44.8 Å². The number of aromatic nitrogens is 4. The molecule has 12 heteroatoms. The van der Waals surface area contributed by atoms with Crippen LogP contribution in [0.25, 0.3) is 0 Å². The Hall–Kier alpha value is -2.76. The summed E-state index contributed by atoms with van der Waals surface area (Å²) in [6.07, 6.45) is -4.38. The van der Waals surface area contributed by atoms with Crippen LogP contribution in [-0.2, 0) is 17.5 Å². The van der Waals surface area contributed by atoms with Crippen LogP contribution in [0.3, 0.4) is 0 Å². The van der Waals surface area contributed by atoms with Crippen molar-refractivity contribution in [3.8, 4) is 0 Å². The molecule has 0 spiro atoms. The zero-order valence-electron chi connectivity index (χ0n) is 18.5. The quantitative estimate of drug-likeness (QED) is 0.460. The van der Waals surface area contributed by atoms with Crippen LogP contribution in [0.5, 0.6) is 0 Å². The second-order valence-corrected chi connectivity index (χ2v) is 7.78. The van der Waals surface area contributed by atoms with Crippen molar-refractivity contribution < 1.29 is 22.3 Å². The number of alkyl halides is 3. The van der Waals surface area contributed by atoms with Crippen LogP contribution >= 0.6 is 12.4 Å². The highest BCUT2D eigenvalue weighted by Gasteiger charge is 2.33. The Morgan fingerprint density at radius 3 is 2.38 bits per heavy atom. The van der Waals surface area contributed by atoms with Crippen molar-refractivity contribution in [3.63, 3.8) is 0 Å². The second-order valence-electron chi connectivity index (χ2n) is 7.78. The highest BCUT2D eigenvalue weighted by Crippen LogP contribution is 2.33. The Morgan fingerprint density at radius 2 is 1.74 bits per heavy atom. The number of benzene rings is 2. The molecule has 4 rings (SSSR count). The van der Waals surface area contributed by atoms with E-state index in [4.69, 9.17) is 4.74 Å². The third-order valence-electron chi connectivity index (χ3n) is 5.72. The standard InChI is InChI=1S/C22H24F4N6O.ClH/c1-33-14-13-32-21(27-28-29-32)20(16-5-7-18(23)8-6-16)31-11-9-30(10-12-31)19-4-2-3-17(15-19)22(24,25)26;/h2-8,15,20H,9-14H2,1H3;1H. The van der Waals surface area contributed by atoms with Crippen molar-refractivity contribution in [1.29, 1.82) is 0 Å². The summed E-state index contributed by atoms with van der Waals surface area (Å²) in [5.41, 5.74) is 0.703. The van der Waals surface area contributed by atoms with Crippen LogP contribution in [0.4, 0.5) is 23.2 Å². The third-order valence-corrected chi connectivity index (χ3v) is 5.72. The molecule has 1 unspecified atom stereocenters. The number of tetrazole rings is 1. The lowest BCUT2D eigenvalue weighted by Gasteiger charge is -2.40. The summed E-state index contributed by atoms with van der Waals surface area (Å²) in [5.74, 6) is 0.261. The van der Waals surface area contributed by atoms with E-state index in [9.17, 15) is 17.6 Å². The molecule has 7 nitrogen and oxygen atoms in total. The molecule has 34 heavy (non-hydrogen) atoms. The van der Waals surface area contributed by atoms with Gasteiger partial charge in [-0.25, -0.2) is 9.07 Å². The average molecular weight is 501 g/mol. The highest BCUT2D eigenvalue weighted by atomic mass is 35.5. The fraction of sp³-hybridized carbons (Fsp3) is 0.409. The van der Waals surface area contributed by atoms with Crippen molar-refractivity contribution in [3.05, 3.63) is 71.3 Å². The molecule has 1 aliphatic rings. The number of ether oxygens (including phenoxy) is 1. The molecule has 1 atom stereocenters. The van der Waals surface area contributed by atoms with Gasteiger partial charge in [0.05, 0.1) is 24.8 Å². The molecule has 1 aliphatic heterocycles. The first-order chi connectivity index (χ1) is 15.9. The van der Waals surface area contributed by atoms with Crippen molar-refractivity contribution in [2.24, 2.45) is 0 Å². The number of rotatable bonds is 7. The molecular formula is C22H25ClF4N6O. The van der Waals surface area contributed by atoms with Gasteiger partial charge in [-0.1, -0.05) is 18.2 Å². The largest absolute Gasteiger partial charge is 0.416 e. The number of halogens is 5. The zero-order chi connectivity index (χ0) is 23.4. The molecule has 0 saturated carbocycles. The molecule has 1 aromatic heterocycles. The molecule has 184 valence electrons. The first-order valence-corrected chi connectivity index (χ1v) is 10.5. The van der Waals surface area contributed by atoms with Crippen molar-refractivity contribution in [1.82, 2.24) is 25.1 Å². The summed E-state index contributed by atoms with van der Waals surface area (Å²) in [5, 5.41) is 12.1. The average Bonchev–Trinajstić information content (AvgIpc) is 3.27. The van der Waals surface area contributed by atoms with Gasteiger partial charge >= 0.3 is 6.18 Å². The maximum absolute atomic E-state index is 13.6. The minimum Gasteiger partial charge on any atom is -0.383 e. The minimum absolute atomic E-state index is 0. The minimum atomic E-state index is -4.38. The number of nitrogens with zero attached hydrogens (tertiary/aromatic N) is 6. The monoisotopic (exact) mass is 500 g/mol. The van der Waals surface area contributed by atoms with E-state index in [2.05, 4.69) is 20.4 Å². The molecule has 0 radical (unpaired) electrons. The van der Waals surface area contributed by atoms with E-state index in [1.807, 2.05) is 4.90 Å². The number of methoxy groups -OCH3 is 1. The van der Waals surface area contributed by atoms with Gasteiger partial charge in [-0.3, -0.25) is 4.90 Å². The summed E-state index contributed by atoms with van der Waals surface area (Å²) in [6, 6.07) is 11.2. The van der Waals surface area contributed by atoms with Gasteiger partial charge in [-0.05, 0) is 46.3 Å². The Morgan fingerprint density at radius 1 is 1.03 bits per heavy atom. The summed E-state index contributed by atoms with van der Waals surface area (Å²) < 4.78 is 59.7. The molecular weight excluding hydrogens is 476 g/mol. The van der Waals surface area contributed by atoms with Crippen LogP contribution in [0.15, 0.2) is 48.5 Å². The lowest BCUT2D eigenvalue weighted by molar-refractivity contribution is -0.137. The van der Waals surface area contributed by atoms with Gasteiger partial charge in [-0.15, -0.1) is 17.5 Å². The van der Waals surface area contributed by atoms with E-state index in [1.165, 1.54) is 24.3 Å². The Balaban J connectivity index is 0.00000324. The van der Waals surface area contributed by atoms with E-state index >= 15 is 0 Å². The Bertz CT molecular complexity index is 1050. The van der Waals surface area contributed by atoms with Gasteiger partial charge in [-0.2, -0.15) is 13.2 Å². The summed E-state index contributed by atoms with van der Waals surface area (Å²) >= 11 is 0. The van der Waals surface area contributed by atoms with E-state index in [0.29, 0.717) is 50.8 Å². The van der Waals surface area contributed by atoms with Crippen LogP contribution in [0, 0.1) is 5.82 Å². The van der Waals surface area contributed by atoms with Crippen LogP contribution in [0.1, 0.15) is 23.0 Å². The van der Waals surface area contributed by atoms with Gasteiger partial charge < -0.3 is 9.64 Å². The van der Waals surface area contributed by atoms with E-state index in [1.54, 1.807) is 30.0 Å². The first-order valence-electron chi connectivity index (χ1n) is 10.5. The normalized spacial score (nSPS) is 15.7. The van der Waals surface area contributed by atoms with Crippen molar-refractivity contribution >= 4 is 18.1 Å². The maximum atomic E-state index is 13.6.